The van der Waals surface area contributed by atoms with Crippen molar-refractivity contribution in [3.8, 4) is 17.0 Å². The molecule has 1 aromatic carbocycles. The SMILES string of the molecule is CCOc1ccc(Cl)cc1-c1ccn([C@@H]2COC[C@H]2O)n1. The normalized spacial score (nSPS) is 21.7. The molecule has 21 heavy (non-hydrogen) atoms. The Hall–Kier alpha value is -1.56. The van der Waals surface area contributed by atoms with Crippen LogP contribution < -0.4 is 4.74 Å². The minimum Gasteiger partial charge on any atom is -0.493 e. The number of aliphatic hydroxyl groups is 1. The van der Waals surface area contributed by atoms with Gasteiger partial charge in [-0.05, 0) is 31.2 Å². The lowest BCUT2D eigenvalue weighted by molar-refractivity contribution is 0.118. The lowest BCUT2D eigenvalue weighted by Gasteiger charge is -2.13. The Balaban J connectivity index is 1.94. The third-order valence-electron chi connectivity index (χ3n) is 3.49. The summed E-state index contributed by atoms with van der Waals surface area (Å²) >= 11 is 6.07. The van der Waals surface area contributed by atoms with Gasteiger partial charge in [-0.15, -0.1) is 0 Å². The molecule has 0 amide bonds. The van der Waals surface area contributed by atoms with Crippen LogP contribution in [-0.2, 0) is 4.74 Å². The summed E-state index contributed by atoms with van der Waals surface area (Å²) in [7, 11) is 0. The van der Waals surface area contributed by atoms with Crippen molar-refractivity contribution in [1.29, 1.82) is 0 Å². The Bertz CT molecular complexity index is 629. The molecule has 1 N–H and O–H groups in total. The molecule has 0 saturated carbocycles. The fourth-order valence-electron chi connectivity index (χ4n) is 2.43. The van der Waals surface area contributed by atoms with E-state index < -0.39 is 6.10 Å². The fourth-order valence-corrected chi connectivity index (χ4v) is 2.61. The second kappa shape index (κ2) is 6.05. The van der Waals surface area contributed by atoms with E-state index in [0.717, 1.165) is 17.0 Å². The van der Waals surface area contributed by atoms with Crippen LogP contribution in [0, 0.1) is 0 Å². The van der Waals surface area contributed by atoms with Gasteiger partial charge in [-0.3, -0.25) is 4.68 Å². The molecule has 2 heterocycles. The number of benzene rings is 1. The second-order valence-electron chi connectivity index (χ2n) is 4.93. The quantitative estimate of drug-likeness (QED) is 0.943. The van der Waals surface area contributed by atoms with E-state index in [1.54, 1.807) is 10.7 Å². The number of rotatable bonds is 4. The first-order valence-corrected chi connectivity index (χ1v) is 7.30. The van der Waals surface area contributed by atoms with Crippen LogP contribution in [0.3, 0.4) is 0 Å². The lowest BCUT2D eigenvalue weighted by Crippen LogP contribution is -2.22. The summed E-state index contributed by atoms with van der Waals surface area (Å²) < 4.78 is 12.6. The van der Waals surface area contributed by atoms with Gasteiger partial charge in [-0.2, -0.15) is 5.10 Å². The highest BCUT2D eigenvalue weighted by molar-refractivity contribution is 6.30. The monoisotopic (exact) mass is 308 g/mol. The number of ether oxygens (including phenoxy) is 2. The maximum Gasteiger partial charge on any atom is 0.128 e. The number of hydrogen-bond acceptors (Lipinski definition) is 4. The van der Waals surface area contributed by atoms with E-state index in [9.17, 15) is 5.11 Å². The van der Waals surface area contributed by atoms with Gasteiger partial charge in [0.1, 0.15) is 17.9 Å². The molecule has 1 saturated heterocycles. The summed E-state index contributed by atoms with van der Waals surface area (Å²) in [6.07, 6.45) is 1.32. The van der Waals surface area contributed by atoms with Gasteiger partial charge in [-0.25, -0.2) is 0 Å². The maximum absolute atomic E-state index is 9.87. The van der Waals surface area contributed by atoms with E-state index in [1.165, 1.54) is 0 Å². The number of aliphatic hydroxyl groups excluding tert-OH is 1. The number of hydrogen-bond donors (Lipinski definition) is 1. The lowest BCUT2D eigenvalue weighted by atomic mass is 10.1. The van der Waals surface area contributed by atoms with Crippen molar-refractivity contribution < 1.29 is 14.6 Å². The average Bonchev–Trinajstić information content (AvgIpc) is 3.09. The van der Waals surface area contributed by atoms with Gasteiger partial charge in [0.25, 0.3) is 0 Å². The Morgan fingerprint density at radius 3 is 3.00 bits per heavy atom. The smallest absolute Gasteiger partial charge is 0.128 e. The fraction of sp³-hybridized carbons (Fsp3) is 0.400. The summed E-state index contributed by atoms with van der Waals surface area (Å²) in [5.74, 6) is 0.746. The zero-order valence-electron chi connectivity index (χ0n) is 11.7. The highest BCUT2D eigenvalue weighted by Gasteiger charge is 2.28. The van der Waals surface area contributed by atoms with Crippen molar-refractivity contribution in [2.24, 2.45) is 0 Å². The van der Waals surface area contributed by atoms with Gasteiger partial charge in [0.15, 0.2) is 0 Å². The van der Waals surface area contributed by atoms with Gasteiger partial charge in [-0.1, -0.05) is 11.6 Å². The Labute approximate surface area is 128 Å². The van der Waals surface area contributed by atoms with Crippen LogP contribution in [-0.4, -0.2) is 40.8 Å². The van der Waals surface area contributed by atoms with E-state index >= 15 is 0 Å². The summed E-state index contributed by atoms with van der Waals surface area (Å²) in [6.45, 7) is 3.32. The first-order valence-electron chi connectivity index (χ1n) is 6.92. The molecule has 0 aliphatic carbocycles. The summed E-state index contributed by atoms with van der Waals surface area (Å²) in [5.41, 5.74) is 1.61. The van der Waals surface area contributed by atoms with Crippen molar-refractivity contribution >= 4 is 11.6 Å². The molecule has 0 unspecified atom stereocenters. The van der Waals surface area contributed by atoms with Crippen molar-refractivity contribution in [2.45, 2.75) is 19.1 Å². The molecule has 2 atom stereocenters. The van der Waals surface area contributed by atoms with E-state index in [1.807, 2.05) is 31.3 Å². The Morgan fingerprint density at radius 1 is 1.43 bits per heavy atom. The second-order valence-corrected chi connectivity index (χ2v) is 5.36. The number of aromatic nitrogens is 2. The predicted octanol–water partition coefficient (Wildman–Crippen LogP) is 2.53. The van der Waals surface area contributed by atoms with Gasteiger partial charge >= 0.3 is 0 Å². The van der Waals surface area contributed by atoms with Crippen LogP contribution in [0.4, 0.5) is 0 Å². The van der Waals surface area contributed by atoms with Gasteiger partial charge in [0.05, 0.1) is 25.5 Å². The van der Waals surface area contributed by atoms with Crippen molar-refractivity contribution in [3.63, 3.8) is 0 Å². The van der Waals surface area contributed by atoms with E-state index in [2.05, 4.69) is 5.10 Å². The maximum atomic E-state index is 9.87. The topological polar surface area (TPSA) is 56.5 Å². The van der Waals surface area contributed by atoms with Crippen LogP contribution in [0.1, 0.15) is 13.0 Å². The van der Waals surface area contributed by atoms with Crippen LogP contribution in [0.15, 0.2) is 30.5 Å². The zero-order chi connectivity index (χ0) is 14.8. The molecular weight excluding hydrogens is 292 g/mol. The van der Waals surface area contributed by atoms with Crippen molar-refractivity contribution in [1.82, 2.24) is 9.78 Å². The first kappa shape index (κ1) is 14.4. The van der Waals surface area contributed by atoms with Crippen molar-refractivity contribution in [2.75, 3.05) is 19.8 Å². The molecule has 6 heteroatoms. The molecule has 2 aromatic rings. The molecule has 5 nitrogen and oxygen atoms in total. The largest absolute Gasteiger partial charge is 0.493 e. The minimum atomic E-state index is -0.525. The molecular formula is C15H17ClN2O3. The highest BCUT2D eigenvalue weighted by atomic mass is 35.5. The molecule has 1 aliphatic rings. The molecule has 0 spiro atoms. The minimum absolute atomic E-state index is 0.145. The zero-order valence-corrected chi connectivity index (χ0v) is 12.5. The van der Waals surface area contributed by atoms with Crippen LogP contribution in [0.2, 0.25) is 5.02 Å². The number of halogens is 1. The van der Waals surface area contributed by atoms with Crippen LogP contribution >= 0.6 is 11.6 Å². The van der Waals surface area contributed by atoms with E-state index in [4.69, 9.17) is 21.1 Å². The highest BCUT2D eigenvalue weighted by Crippen LogP contribution is 2.32. The third-order valence-corrected chi connectivity index (χ3v) is 3.72. The summed E-state index contributed by atoms with van der Waals surface area (Å²) in [5, 5.41) is 15.0. The molecule has 112 valence electrons. The predicted molar refractivity (Wildman–Crippen MR) is 79.7 cm³/mol. The number of nitrogens with zero attached hydrogens (tertiary/aromatic N) is 2. The van der Waals surface area contributed by atoms with Gasteiger partial charge < -0.3 is 14.6 Å². The summed E-state index contributed by atoms with van der Waals surface area (Å²) in [6, 6.07) is 7.21. The van der Waals surface area contributed by atoms with E-state index in [-0.39, 0.29) is 6.04 Å². The standard InChI is InChI=1S/C15H17ClN2O3/c1-2-21-15-4-3-10(16)7-11(15)12-5-6-18(17-12)13-8-20-9-14(13)19/h3-7,13-14,19H,2,8-9H2,1H3/t13-,14-/m1/s1. The molecule has 0 radical (unpaired) electrons. The van der Waals surface area contributed by atoms with Crippen LogP contribution in [0.5, 0.6) is 5.75 Å². The molecule has 0 bridgehead atoms. The van der Waals surface area contributed by atoms with Gasteiger partial charge in [0.2, 0.25) is 0 Å². The Morgan fingerprint density at radius 2 is 2.29 bits per heavy atom. The molecule has 3 rings (SSSR count). The summed E-state index contributed by atoms with van der Waals surface area (Å²) in [4.78, 5) is 0. The molecule has 1 aromatic heterocycles. The third kappa shape index (κ3) is 2.90. The first-order chi connectivity index (χ1) is 10.2. The Kier molecular flexibility index (Phi) is 4.14. The van der Waals surface area contributed by atoms with Crippen LogP contribution in [0.25, 0.3) is 11.3 Å². The molecule has 1 fully saturated rings. The van der Waals surface area contributed by atoms with Crippen molar-refractivity contribution in [3.05, 3.63) is 35.5 Å². The average molecular weight is 309 g/mol. The van der Waals surface area contributed by atoms with E-state index in [0.29, 0.717) is 24.8 Å². The molecule has 1 aliphatic heterocycles. The van der Waals surface area contributed by atoms with Gasteiger partial charge in [0, 0.05) is 16.8 Å².